The number of para-hydroxylation sites is 1. The third-order valence-corrected chi connectivity index (χ3v) is 7.90. The van der Waals surface area contributed by atoms with E-state index in [1.54, 1.807) is 0 Å². The van der Waals surface area contributed by atoms with Crippen LogP contribution in [-0.4, -0.2) is 52.0 Å². The maximum Gasteiger partial charge on any atom is 0.259 e. The van der Waals surface area contributed by atoms with Gasteiger partial charge in [0.2, 0.25) is 11.8 Å². The second kappa shape index (κ2) is 13.0. The summed E-state index contributed by atoms with van der Waals surface area (Å²) in [4.78, 5) is 49.6. The molecule has 0 bridgehead atoms. The molecular weight excluding hydrogens is 534 g/mol. The molecule has 0 fully saturated rings. The maximum atomic E-state index is 13.5. The molecule has 2 heterocycles. The smallest absolute Gasteiger partial charge is 0.259 e. The van der Waals surface area contributed by atoms with Crippen molar-refractivity contribution in [1.29, 1.82) is 0 Å². The first-order valence-electron chi connectivity index (χ1n) is 13.8. The van der Waals surface area contributed by atoms with Crippen molar-refractivity contribution < 1.29 is 14.4 Å². The summed E-state index contributed by atoms with van der Waals surface area (Å²) in [7, 11) is 0. The summed E-state index contributed by atoms with van der Waals surface area (Å²) < 4.78 is 0. The Labute approximate surface area is 244 Å². The van der Waals surface area contributed by atoms with Crippen molar-refractivity contribution in [2.45, 2.75) is 45.1 Å². The Balaban J connectivity index is 1.20. The van der Waals surface area contributed by atoms with Crippen molar-refractivity contribution in [3.63, 3.8) is 0 Å². The van der Waals surface area contributed by atoms with E-state index >= 15 is 0 Å². The van der Waals surface area contributed by atoms with Crippen molar-refractivity contribution in [2.75, 3.05) is 17.6 Å². The van der Waals surface area contributed by atoms with Crippen molar-refractivity contribution in [1.82, 2.24) is 10.2 Å². The van der Waals surface area contributed by atoms with E-state index in [9.17, 15) is 14.4 Å². The van der Waals surface area contributed by atoms with E-state index in [-0.39, 0.29) is 29.9 Å². The third-order valence-electron chi connectivity index (χ3n) is 6.96. The minimum absolute atomic E-state index is 0.0818. The number of thioether (sulfide) groups is 1. The van der Waals surface area contributed by atoms with Crippen LogP contribution in [0.2, 0.25) is 0 Å². The molecule has 3 aromatic rings. The summed E-state index contributed by atoms with van der Waals surface area (Å²) >= 11 is 1.19. The molecule has 0 spiro atoms. The Morgan fingerprint density at radius 1 is 0.951 bits per heavy atom. The Bertz CT molecular complexity index is 1480. The molecule has 2 aliphatic heterocycles. The average Bonchev–Trinajstić information content (AvgIpc) is 3.32. The number of rotatable bonds is 10. The van der Waals surface area contributed by atoms with Crippen molar-refractivity contribution in [2.24, 2.45) is 9.98 Å². The van der Waals surface area contributed by atoms with Gasteiger partial charge in [-0.3, -0.25) is 19.4 Å². The molecular formula is C32H33N5O3S. The lowest BCUT2D eigenvalue weighted by Gasteiger charge is -2.25. The van der Waals surface area contributed by atoms with Gasteiger partial charge in [-0.25, -0.2) is 9.89 Å². The molecule has 1 atom stereocenters. The van der Waals surface area contributed by atoms with Gasteiger partial charge in [0, 0.05) is 24.2 Å². The average molecular weight is 568 g/mol. The predicted octanol–water partition coefficient (Wildman–Crippen LogP) is 5.28. The van der Waals surface area contributed by atoms with E-state index in [1.165, 1.54) is 22.2 Å². The number of carbonyl (C=O) groups is 3. The summed E-state index contributed by atoms with van der Waals surface area (Å²) in [6.07, 6.45) is 1.23. The molecule has 0 radical (unpaired) electrons. The fourth-order valence-electron chi connectivity index (χ4n) is 4.71. The SMILES string of the molecule is CC(C)c1ccc(NC(=O)CSC2=Nc3ccccc3C3=N[C@@H](CCC(=O)NCCc4ccccc4)C(=O)N23)cc1. The van der Waals surface area contributed by atoms with Crippen LogP contribution in [0.15, 0.2) is 88.8 Å². The number of nitrogens with zero attached hydrogens (tertiary/aromatic N) is 3. The van der Waals surface area contributed by atoms with Gasteiger partial charge in [0.15, 0.2) is 5.17 Å². The third kappa shape index (κ3) is 6.92. The zero-order chi connectivity index (χ0) is 28.8. The molecule has 9 heteroatoms. The van der Waals surface area contributed by atoms with Gasteiger partial charge < -0.3 is 10.6 Å². The molecule has 0 saturated heterocycles. The number of anilines is 1. The number of fused-ring (bicyclic) bond motifs is 3. The van der Waals surface area contributed by atoms with Crippen LogP contribution in [0.4, 0.5) is 11.4 Å². The Morgan fingerprint density at radius 2 is 1.68 bits per heavy atom. The molecule has 3 amide bonds. The molecule has 41 heavy (non-hydrogen) atoms. The fourth-order valence-corrected chi connectivity index (χ4v) is 5.51. The van der Waals surface area contributed by atoms with Crippen LogP contribution in [0.25, 0.3) is 0 Å². The molecule has 5 rings (SSSR count). The molecule has 210 valence electrons. The van der Waals surface area contributed by atoms with Gasteiger partial charge >= 0.3 is 0 Å². The Kier molecular flexibility index (Phi) is 8.94. The van der Waals surface area contributed by atoms with Crippen LogP contribution >= 0.6 is 11.8 Å². The number of aliphatic imine (C=N–C) groups is 2. The van der Waals surface area contributed by atoms with Gasteiger partial charge in [-0.05, 0) is 54.2 Å². The highest BCUT2D eigenvalue weighted by atomic mass is 32.2. The van der Waals surface area contributed by atoms with E-state index < -0.39 is 6.04 Å². The lowest BCUT2D eigenvalue weighted by Crippen LogP contribution is -2.41. The van der Waals surface area contributed by atoms with E-state index in [0.717, 1.165) is 23.2 Å². The first-order chi connectivity index (χ1) is 19.9. The van der Waals surface area contributed by atoms with Gasteiger partial charge in [-0.15, -0.1) is 0 Å². The van der Waals surface area contributed by atoms with Crippen LogP contribution < -0.4 is 10.6 Å². The second-order valence-electron chi connectivity index (χ2n) is 10.3. The summed E-state index contributed by atoms with van der Waals surface area (Å²) in [5.41, 5.74) is 4.53. The predicted molar refractivity (Wildman–Crippen MR) is 165 cm³/mol. The summed E-state index contributed by atoms with van der Waals surface area (Å²) in [5, 5.41) is 6.26. The number of amides is 3. The number of hydrogen-bond acceptors (Lipinski definition) is 6. The second-order valence-corrected chi connectivity index (χ2v) is 11.2. The molecule has 0 saturated carbocycles. The molecule has 8 nitrogen and oxygen atoms in total. The maximum absolute atomic E-state index is 13.5. The van der Waals surface area contributed by atoms with Gasteiger partial charge in [-0.1, -0.05) is 80.2 Å². The van der Waals surface area contributed by atoms with Crippen LogP contribution in [0.3, 0.4) is 0 Å². The molecule has 2 aliphatic rings. The molecule has 2 N–H and O–H groups in total. The van der Waals surface area contributed by atoms with E-state index in [2.05, 4.69) is 24.5 Å². The van der Waals surface area contributed by atoms with Crippen LogP contribution in [0.5, 0.6) is 0 Å². The van der Waals surface area contributed by atoms with E-state index in [1.807, 2.05) is 78.9 Å². The van der Waals surface area contributed by atoms with Crippen LogP contribution in [-0.2, 0) is 20.8 Å². The number of carbonyl (C=O) groups excluding carboxylic acids is 3. The zero-order valence-corrected chi connectivity index (χ0v) is 24.0. The van der Waals surface area contributed by atoms with Gasteiger partial charge in [0.1, 0.15) is 11.9 Å². The van der Waals surface area contributed by atoms with Crippen molar-refractivity contribution in [3.8, 4) is 0 Å². The largest absolute Gasteiger partial charge is 0.356 e. The van der Waals surface area contributed by atoms with E-state index in [4.69, 9.17) is 9.98 Å². The van der Waals surface area contributed by atoms with E-state index in [0.29, 0.717) is 35.6 Å². The van der Waals surface area contributed by atoms with Gasteiger partial charge in [0.25, 0.3) is 5.91 Å². The fraction of sp³-hybridized carbons (Fsp3) is 0.281. The lowest BCUT2D eigenvalue weighted by molar-refractivity contribution is -0.125. The first kappa shape index (κ1) is 28.3. The molecule has 3 aromatic carbocycles. The lowest BCUT2D eigenvalue weighted by atomic mass is 10.0. The molecule has 0 aromatic heterocycles. The summed E-state index contributed by atoms with van der Waals surface area (Å²) in [6, 6.07) is 24.6. The number of nitrogens with one attached hydrogen (secondary N) is 2. The minimum Gasteiger partial charge on any atom is -0.356 e. The topological polar surface area (TPSA) is 103 Å². The first-order valence-corrected chi connectivity index (χ1v) is 14.8. The number of benzene rings is 3. The monoisotopic (exact) mass is 567 g/mol. The number of hydrogen-bond donors (Lipinski definition) is 2. The van der Waals surface area contributed by atoms with Gasteiger partial charge in [0.05, 0.1) is 11.4 Å². The Hall–Kier alpha value is -4.24. The van der Waals surface area contributed by atoms with Crippen LogP contribution in [0, 0.1) is 0 Å². The highest BCUT2D eigenvalue weighted by Crippen LogP contribution is 2.34. The summed E-state index contributed by atoms with van der Waals surface area (Å²) in [5.74, 6) is 0.473. The standard InChI is InChI=1S/C32H33N5O3S/c1-21(2)23-12-14-24(15-13-23)34-29(39)20-41-32-36-26-11-7-6-10-25(26)30-35-27(31(40)37(30)32)16-17-28(38)33-19-18-22-8-4-3-5-9-22/h3-15,21,27H,16-20H2,1-2H3,(H,33,38)(H,34,39)/t27-/m0/s1. The number of amidine groups is 2. The normalized spacial score (nSPS) is 15.6. The van der Waals surface area contributed by atoms with Crippen LogP contribution in [0.1, 0.15) is 49.3 Å². The van der Waals surface area contributed by atoms with Crippen molar-refractivity contribution >= 4 is 51.9 Å². The highest BCUT2D eigenvalue weighted by molar-refractivity contribution is 8.14. The summed E-state index contributed by atoms with van der Waals surface area (Å²) in [6.45, 7) is 4.78. The quantitative estimate of drug-likeness (QED) is 0.348. The van der Waals surface area contributed by atoms with Gasteiger partial charge in [-0.2, -0.15) is 0 Å². The molecule has 0 unspecified atom stereocenters. The Morgan fingerprint density at radius 3 is 2.44 bits per heavy atom. The zero-order valence-electron chi connectivity index (χ0n) is 23.2. The minimum atomic E-state index is -0.685. The van der Waals surface area contributed by atoms with Crippen molar-refractivity contribution in [3.05, 3.63) is 95.6 Å². The highest BCUT2D eigenvalue weighted by Gasteiger charge is 2.41. The molecule has 0 aliphatic carbocycles.